The van der Waals surface area contributed by atoms with Crippen molar-refractivity contribution in [3.05, 3.63) is 29.3 Å². The number of nitrogens with one attached hydrogen (secondary N) is 2. The molecule has 2 N–H and O–H groups in total. The lowest BCUT2D eigenvalue weighted by molar-refractivity contribution is 0.633. The van der Waals surface area contributed by atoms with Crippen LogP contribution in [0.3, 0.4) is 0 Å². The maximum atomic E-state index is 6.03. The minimum atomic E-state index is 0.603. The smallest absolute Gasteiger partial charge is 0.0637 e. The van der Waals surface area contributed by atoms with Crippen LogP contribution in [0.15, 0.2) is 24.3 Å². The van der Waals surface area contributed by atoms with Crippen LogP contribution in [0.5, 0.6) is 0 Å². The van der Waals surface area contributed by atoms with Gasteiger partial charge in [-0.15, -0.1) is 0 Å². The average molecular weight is 211 g/mol. The summed E-state index contributed by atoms with van der Waals surface area (Å²) in [5, 5.41) is 7.60. The highest BCUT2D eigenvalue weighted by molar-refractivity contribution is 6.33. The molecule has 2 rings (SSSR count). The maximum absolute atomic E-state index is 6.03. The third-order valence-electron chi connectivity index (χ3n) is 2.58. The Morgan fingerprint density at radius 3 is 3.00 bits per heavy atom. The van der Waals surface area contributed by atoms with E-state index in [2.05, 4.69) is 10.6 Å². The normalized spacial score (nSPS) is 21.1. The van der Waals surface area contributed by atoms with Gasteiger partial charge in [-0.05, 0) is 31.5 Å². The summed E-state index contributed by atoms with van der Waals surface area (Å²) in [5.41, 5.74) is 1.03. The number of halogens is 1. The molecule has 0 radical (unpaired) electrons. The van der Waals surface area contributed by atoms with E-state index in [0.29, 0.717) is 6.04 Å². The monoisotopic (exact) mass is 210 g/mol. The van der Waals surface area contributed by atoms with Gasteiger partial charge in [-0.3, -0.25) is 0 Å². The van der Waals surface area contributed by atoms with Crippen molar-refractivity contribution in [2.24, 2.45) is 0 Å². The third kappa shape index (κ3) is 2.40. The maximum Gasteiger partial charge on any atom is 0.0637 e. The lowest BCUT2D eigenvalue weighted by Gasteiger charge is -2.13. The Kier molecular flexibility index (Phi) is 3.27. The molecule has 1 aliphatic rings. The van der Waals surface area contributed by atoms with Crippen LogP contribution in [0.4, 0.5) is 5.69 Å². The third-order valence-corrected chi connectivity index (χ3v) is 2.90. The lowest BCUT2D eigenvalue weighted by atomic mass is 10.2. The Labute approximate surface area is 89.7 Å². The number of benzene rings is 1. The fourth-order valence-electron chi connectivity index (χ4n) is 1.77. The summed E-state index contributed by atoms with van der Waals surface area (Å²) in [6.07, 6.45) is 2.55. The average Bonchev–Trinajstić information content (AvgIpc) is 2.69. The van der Waals surface area contributed by atoms with Crippen molar-refractivity contribution in [1.82, 2.24) is 5.32 Å². The van der Waals surface area contributed by atoms with Gasteiger partial charge in [0.25, 0.3) is 0 Å². The molecule has 2 nitrogen and oxygen atoms in total. The van der Waals surface area contributed by atoms with Crippen LogP contribution in [0.2, 0.25) is 5.02 Å². The molecule has 0 saturated carbocycles. The molecule has 1 aliphatic heterocycles. The van der Waals surface area contributed by atoms with Gasteiger partial charge >= 0.3 is 0 Å². The van der Waals surface area contributed by atoms with Crippen molar-refractivity contribution >= 4 is 17.3 Å². The molecular formula is C11H15ClN2. The van der Waals surface area contributed by atoms with Gasteiger partial charge in [0, 0.05) is 12.6 Å². The fourth-order valence-corrected chi connectivity index (χ4v) is 1.97. The number of hydrogen-bond acceptors (Lipinski definition) is 2. The van der Waals surface area contributed by atoms with E-state index < -0.39 is 0 Å². The Bertz CT molecular complexity index is 295. The molecule has 0 bridgehead atoms. The van der Waals surface area contributed by atoms with E-state index in [4.69, 9.17) is 11.6 Å². The summed E-state index contributed by atoms with van der Waals surface area (Å²) in [6, 6.07) is 8.47. The molecular weight excluding hydrogens is 196 g/mol. The van der Waals surface area contributed by atoms with Crippen molar-refractivity contribution in [2.45, 2.75) is 18.9 Å². The number of anilines is 1. The zero-order valence-electron chi connectivity index (χ0n) is 8.09. The second-order valence-corrected chi connectivity index (χ2v) is 4.06. The van der Waals surface area contributed by atoms with Gasteiger partial charge in [-0.1, -0.05) is 23.7 Å². The lowest BCUT2D eigenvalue weighted by Crippen LogP contribution is -2.29. The molecule has 3 heteroatoms. The second-order valence-electron chi connectivity index (χ2n) is 3.65. The van der Waals surface area contributed by atoms with E-state index in [1.54, 1.807) is 0 Å². The zero-order chi connectivity index (χ0) is 9.80. The van der Waals surface area contributed by atoms with Crippen molar-refractivity contribution in [1.29, 1.82) is 0 Å². The molecule has 1 atom stereocenters. The minimum absolute atomic E-state index is 0.603. The molecule has 1 fully saturated rings. The van der Waals surface area contributed by atoms with E-state index in [1.165, 1.54) is 12.8 Å². The molecule has 14 heavy (non-hydrogen) atoms. The number of rotatable bonds is 3. The molecule has 1 aromatic carbocycles. The summed E-state index contributed by atoms with van der Waals surface area (Å²) in [7, 11) is 0. The molecule has 1 aromatic rings. The Hall–Kier alpha value is -0.730. The van der Waals surface area contributed by atoms with Crippen LogP contribution in [-0.2, 0) is 0 Å². The van der Waals surface area contributed by atoms with E-state index in [-0.39, 0.29) is 0 Å². The topological polar surface area (TPSA) is 24.1 Å². The number of hydrogen-bond donors (Lipinski definition) is 2. The first-order chi connectivity index (χ1) is 6.86. The first-order valence-corrected chi connectivity index (χ1v) is 5.46. The van der Waals surface area contributed by atoms with Crippen LogP contribution in [0.1, 0.15) is 12.8 Å². The molecule has 0 spiro atoms. The van der Waals surface area contributed by atoms with Crippen molar-refractivity contribution < 1.29 is 0 Å². The van der Waals surface area contributed by atoms with E-state index >= 15 is 0 Å². The van der Waals surface area contributed by atoms with E-state index in [9.17, 15) is 0 Å². The first kappa shape index (κ1) is 9.81. The predicted molar refractivity (Wildman–Crippen MR) is 61.0 cm³/mol. The zero-order valence-corrected chi connectivity index (χ0v) is 8.85. The molecule has 1 saturated heterocycles. The largest absolute Gasteiger partial charge is 0.382 e. The second kappa shape index (κ2) is 4.67. The number of para-hydroxylation sites is 1. The predicted octanol–water partition coefficient (Wildman–Crippen LogP) is 2.50. The summed E-state index contributed by atoms with van der Waals surface area (Å²) in [4.78, 5) is 0. The fraction of sp³-hybridized carbons (Fsp3) is 0.455. The van der Waals surface area contributed by atoms with Crippen molar-refractivity contribution in [2.75, 3.05) is 18.4 Å². The summed E-state index contributed by atoms with van der Waals surface area (Å²) in [5.74, 6) is 0. The van der Waals surface area contributed by atoms with Gasteiger partial charge in [-0.25, -0.2) is 0 Å². The Morgan fingerprint density at radius 2 is 2.29 bits per heavy atom. The molecule has 1 heterocycles. The van der Waals surface area contributed by atoms with Gasteiger partial charge in [0.2, 0.25) is 0 Å². The summed E-state index contributed by atoms with van der Waals surface area (Å²) in [6.45, 7) is 2.11. The van der Waals surface area contributed by atoms with E-state index in [0.717, 1.165) is 23.8 Å². The summed E-state index contributed by atoms with van der Waals surface area (Å²) >= 11 is 6.03. The van der Waals surface area contributed by atoms with Gasteiger partial charge in [0.1, 0.15) is 0 Å². The van der Waals surface area contributed by atoms with Crippen molar-refractivity contribution in [3.63, 3.8) is 0 Å². The van der Waals surface area contributed by atoms with Gasteiger partial charge in [-0.2, -0.15) is 0 Å². The highest BCUT2D eigenvalue weighted by Gasteiger charge is 2.13. The van der Waals surface area contributed by atoms with E-state index in [1.807, 2.05) is 24.3 Å². The van der Waals surface area contributed by atoms with Gasteiger partial charge in [0.15, 0.2) is 0 Å². The Balaban J connectivity index is 1.88. The standard InChI is InChI=1S/C11H15ClN2/c12-10-5-1-2-6-11(10)14-8-9-4-3-7-13-9/h1-2,5-6,9,13-14H,3-4,7-8H2. The molecule has 1 unspecified atom stereocenters. The molecule has 76 valence electrons. The van der Waals surface area contributed by atoms with Crippen LogP contribution < -0.4 is 10.6 Å². The minimum Gasteiger partial charge on any atom is -0.382 e. The molecule has 0 aliphatic carbocycles. The SMILES string of the molecule is Clc1ccccc1NCC1CCCN1. The van der Waals surface area contributed by atoms with Gasteiger partial charge < -0.3 is 10.6 Å². The van der Waals surface area contributed by atoms with Crippen LogP contribution in [0.25, 0.3) is 0 Å². The van der Waals surface area contributed by atoms with Crippen LogP contribution >= 0.6 is 11.6 Å². The van der Waals surface area contributed by atoms with Gasteiger partial charge in [0.05, 0.1) is 10.7 Å². The molecule has 0 aromatic heterocycles. The Morgan fingerprint density at radius 1 is 1.43 bits per heavy atom. The first-order valence-electron chi connectivity index (χ1n) is 5.08. The quantitative estimate of drug-likeness (QED) is 0.801. The summed E-state index contributed by atoms with van der Waals surface area (Å²) < 4.78 is 0. The highest BCUT2D eigenvalue weighted by Crippen LogP contribution is 2.20. The molecule has 0 amide bonds. The highest BCUT2D eigenvalue weighted by atomic mass is 35.5. The van der Waals surface area contributed by atoms with Crippen molar-refractivity contribution in [3.8, 4) is 0 Å². The van der Waals surface area contributed by atoms with Crippen LogP contribution in [0, 0.1) is 0 Å². The van der Waals surface area contributed by atoms with Crippen LogP contribution in [-0.4, -0.2) is 19.1 Å².